The van der Waals surface area contributed by atoms with Crippen LogP contribution in [0.4, 0.5) is 0 Å². The summed E-state index contributed by atoms with van der Waals surface area (Å²) in [5, 5.41) is 28.8. The van der Waals surface area contributed by atoms with E-state index in [2.05, 4.69) is 71.3 Å². The standard InChI is InChI=1S/C30H18BNO3/c33-31(34)22-15-13-19-18-14-16-24-27(26(18)21-10-6-12-25-28(21)29(19)30(22)35-25)20-9-4-5-11-23(20)32(24)17-7-2-1-3-8-17/h1-16,33-34H. The normalized spacial score (nSPS) is 12.3. The third-order valence-electron chi connectivity index (χ3n) is 7.37. The van der Waals surface area contributed by atoms with Gasteiger partial charge in [-0.15, -0.1) is 0 Å². The fourth-order valence-corrected chi connectivity index (χ4v) is 6.00. The van der Waals surface area contributed by atoms with Gasteiger partial charge in [-0.3, -0.25) is 0 Å². The monoisotopic (exact) mass is 451 g/mol. The predicted octanol–water partition coefficient (Wildman–Crippen LogP) is 6.11. The highest BCUT2D eigenvalue weighted by atomic mass is 16.4. The Morgan fingerprint density at radius 2 is 1.29 bits per heavy atom. The number of furan rings is 1. The van der Waals surface area contributed by atoms with Gasteiger partial charge < -0.3 is 19.0 Å². The van der Waals surface area contributed by atoms with Gasteiger partial charge in [0.2, 0.25) is 0 Å². The van der Waals surface area contributed by atoms with Crippen LogP contribution in [0.2, 0.25) is 0 Å². The molecular formula is C30H18BNO3. The van der Waals surface area contributed by atoms with Crippen LogP contribution >= 0.6 is 0 Å². The lowest BCUT2D eigenvalue weighted by molar-refractivity contribution is 0.425. The van der Waals surface area contributed by atoms with Crippen LogP contribution in [-0.2, 0) is 0 Å². The second kappa shape index (κ2) is 6.63. The summed E-state index contributed by atoms with van der Waals surface area (Å²) in [5.41, 5.74) is 5.12. The van der Waals surface area contributed by atoms with Crippen LogP contribution < -0.4 is 5.46 Å². The molecule has 0 spiro atoms. The van der Waals surface area contributed by atoms with Gasteiger partial charge in [-0.25, -0.2) is 0 Å². The highest BCUT2D eigenvalue weighted by Crippen LogP contribution is 2.46. The molecule has 0 unspecified atom stereocenters. The van der Waals surface area contributed by atoms with Crippen LogP contribution in [0.15, 0.2) is 101 Å². The van der Waals surface area contributed by atoms with Gasteiger partial charge in [-0.05, 0) is 46.5 Å². The van der Waals surface area contributed by atoms with E-state index in [1.807, 2.05) is 24.3 Å². The molecule has 5 heteroatoms. The fraction of sp³-hybridized carbons (Fsp3) is 0. The van der Waals surface area contributed by atoms with Gasteiger partial charge in [0.1, 0.15) is 11.2 Å². The minimum atomic E-state index is -1.60. The lowest BCUT2D eigenvalue weighted by Gasteiger charge is -2.12. The van der Waals surface area contributed by atoms with E-state index in [1.165, 1.54) is 16.2 Å². The molecule has 0 aliphatic heterocycles. The zero-order chi connectivity index (χ0) is 23.3. The van der Waals surface area contributed by atoms with E-state index in [0.29, 0.717) is 11.0 Å². The quantitative estimate of drug-likeness (QED) is 0.246. The van der Waals surface area contributed by atoms with Crippen molar-refractivity contribution in [1.82, 2.24) is 4.57 Å². The molecule has 0 bridgehead atoms. The number of benzene rings is 6. The first-order chi connectivity index (χ1) is 17.2. The zero-order valence-electron chi connectivity index (χ0n) is 18.6. The summed E-state index contributed by atoms with van der Waals surface area (Å²) in [7, 11) is -1.60. The Hall–Kier alpha value is -4.32. The Kier molecular flexibility index (Phi) is 3.61. The van der Waals surface area contributed by atoms with Gasteiger partial charge in [-0.2, -0.15) is 0 Å². The maximum atomic E-state index is 9.98. The van der Waals surface area contributed by atoms with Crippen molar-refractivity contribution < 1.29 is 14.5 Å². The molecule has 0 saturated heterocycles. The van der Waals surface area contributed by atoms with E-state index in [4.69, 9.17) is 4.42 Å². The van der Waals surface area contributed by atoms with E-state index < -0.39 is 7.12 Å². The SMILES string of the molecule is OB(O)c1ccc2c3ccc4c(c5ccccc5n4-c4ccccc4)c3c3cccc4oc1c2c43. The fourth-order valence-electron chi connectivity index (χ4n) is 6.00. The van der Waals surface area contributed by atoms with Gasteiger partial charge in [0, 0.05) is 38.1 Å². The first kappa shape index (κ1) is 19.0. The minimum absolute atomic E-state index is 0.385. The van der Waals surface area contributed by atoms with E-state index >= 15 is 0 Å². The molecule has 8 rings (SSSR count). The largest absolute Gasteiger partial charge is 0.492 e. The molecule has 0 fully saturated rings. The van der Waals surface area contributed by atoms with Crippen LogP contribution in [0.5, 0.6) is 0 Å². The molecule has 0 amide bonds. The summed E-state index contributed by atoms with van der Waals surface area (Å²) in [5.74, 6) is 0. The van der Waals surface area contributed by atoms with Gasteiger partial charge in [0.25, 0.3) is 0 Å². The zero-order valence-corrected chi connectivity index (χ0v) is 18.6. The van der Waals surface area contributed by atoms with E-state index in [-0.39, 0.29) is 0 Å². The molecule has 2 N–H and O–H groups in total. The van der Waals surface area contributed by atoms with Crippen LogP contribution in [-0.4, -0.2) is 21.7 Å². The van der Waals surface area contributed by atoms with Crippen molar-refractivity contribution in [3.8, 4) is 5.69 Å². The highest BCUT2D eigenvalue weighted by Gasteiger charge is 2.25. The van der Waals surface area contributed by atoms with Crippen LogP contribution in [0.25, 0.3) is 71.0 Å². The Morgan fingerprint density at radius 1 is 0.543 bits per heavy atom. The summed E-state index contributed by atoms with van der Waals surface area (Å²) < 4.78 is 8.56. The van der Waals surface area contributed by atoms with Crippen molar-refractivity contribution in [2.24, 2.45) is 0 Å². The molecule has 35 heavy (non-hydrogen) atoms. The van der Waals surface area contributed by atoms with Crippen molar-refractivity contribution in [2.75, 3.05) is 0 Å². The molecule has 6 aromatic carbocycles. The molecule has 2 aromatic heterocycles. The van der Waals surface area contributed by atoms with E-state index in [0.717, 1.165) is 49.2 Å². The topological polar surface area (TPSA) is 58.5 Å². The van der Waals surface area contributed by atoms with E-state index in [9.17, 15) is 10.0 Å². The number of para-hydroxylation sites is 2. The van der Waals surface area contributed by atoms with Crippen LogP contribution in [0.3, 0.4) is 0 Å². The molecular weight excluding hydrogens is 433 g/mol. The highest BCUT2D eigenvalue weighted by molar-refractivity contribution is 6.62. The van der Waals surface area contributed by atoms with Crippen molar-refractivity contribution >= 4 is 77.9 Å². The Balaban J connectivity index is 1.68. The maximum absolute atomic E-state index is 9.98. The summed E-state index contributed by atoms with van der Waals surface area (Å²) >= 11 is 0. The number of nitrogens with zero attached hydrogens (tertiary/aromatic N) is 1. The first-order valence-corrected chi connectivity index (χ1v) is 11.7. The van der Waals surface area contributed by atoms with Crippen LogP contribution in [0, 0.1) is 0 Å². The molecule has 164 valence electrons. The number of hydrogen-bond acceptors (Lipinski definition) is 3. The smallest absolute Gasteiger partial charge is 0.456 e. The second-order valence-corrected chi connectivity index (χ2v) is 9.13. The average molecular weight is 451 g/mol. The van der Waals surface area contributed by atoms with E-state index in [1.54, 1.807) is 6.07 Å². The molecule has 0 radical (unpaired) electrons. The first-order valence-electron chi connectivity index (χ1n) is 11.7. The van der Waals surface area contributed by atoms with Gasteiger partial charge in [0.05, 0.1) is 11.0 Å². The Labute approximate surface area is 199 Å². The van der Waals surface area contributed by atoms with Crippen molar-refractivity contribution in [2.45, 2.75) is 0 Å². The molecule has 4 nitrogen and oxygen atoms in total. The average Bonchev–Trinajstić information content (AvgIpc) is 3.45. The molecule has 2 heterocycles. The molecule has 0 atom stereocenters. The number of rotatable bonds is 2. The lowest BCUT2D eigenvalue weighted by Crippen LogP contribution is -2.30. The summed E-state index contributed by atoms with van der Waals surface area (Å²) in [6.07, 6.45) is 0. The summed E-state index contributed by atoms with van der Waals surface area (Å²) in [4.78, 5) is 0. The molecule has 0 aliphatic carbocycles. The third kappa shape index (κ3) is 2.34. The Bertz CT molecular complexity index is 2090. The summed E-state index contributed by atoms with van der Waals surface area (Å²) in [6, 6.07) is 33.3. The Morgan fingerprint density at radius 3 is 2.14 bits per heavy atom. The number of fused-ring (bicyclic) bond motifs is 7. The van der Waals surface area contributed by atoms with Gasteiger partial charge in [-0.1, -0.05) is 66.7 Å². The van der Waals surface area contributed by atoms with Crippen molar-refractivity contribution in [3.05, 3.63) is 97.1 Å². The van der Waals surface area contributed by atoms with Gasteiger partial charge >= 0.3 is 7.12 Å². The predicted molar refractivity (Wildman–Crippen MR) is 144 cm³/mol. The minimum Gasteiger partial charge on any atom is -0.456 e. The molecule has 0 saturated carbocycles. The third-order valence-corrected chi connectivity index (χ3v) is 7.37. The van der Waals surface area contributed by atoms with Crippen molar-refractivity contribution in [3.63, 3.8) is 0 Å². The second-order valence-electron chi connectivity index (χ2n) is 9.13. The van der Waals surface area contributed by atoms with Crippen LogP contribution in [0.1, 0.15) is 0 Å². The molecule has 8 aromatic rings. The maximum Gasteiger partial charge on any atom is 0.492 e. The number of aromatic nitrogens is 1. The molecule has 0 aliphatic rings. The lowest BCUT2D eigenvalue weighted by atomic mass is 9.78. The van der Waals surface area contributed by atoms with Gasteiger partial charge in [0.15, 0.2) is 0 Å². The number of hydrogen-bond donors (Lipinski definition) is 2. The van der Waals surface area contributed by atoms with Crippen molar-refractivity contribution in [1.29, 1.82) is 0 Å². The summed E-state index contributed by atoms with van der Waals surface area (Å²) in [6.45, 7) is 0.